The molecule has 0 saturated heterocycles. The molecule has 19 heavy (non-hydrogen) atoms. The first-order chi connectivity index (χ1) is 9.25. The van der Waals surface area contributed by atoms with Crippen LogP contribution in [0.3, 0.4) is 0 Å². The predicted molar refractivity (Wildman–Crippen MR) is 75.2 cm³/mol. The van der Waals surface area contributed by atoms with Crippen LogP contribution in [0.4, 0.5) is 5.69 Å². The Balaban J connectivity index is 0.000000861. The smallest absolute Gasteiger partial charge is 0.273 e. The summed E-state index contributed by atoms with van der Waals surface area (Å²) >= 11 is 0. The Morgan fingerprint density at radius 1 is 1.05 bits per heavy atom. The lowest BCUT2D eigenvalue weighted by atomic mass is 10.2. The summed E-state index contributed by atoms with van der Waals surface area (Å²) in [5.74, 6) is 0.503. The summed E-state index contributed by atoms with van der Waals surface area (Å²) in [4.78, 5) is 10.1. The zero-order valence-electron chi connectivity index (χ0n) is 11.1. The van der Waals surface area contributed by atoms with Crippen molar-refractivity contribution in [3.05, 3.63) is 70.3 Å². The molecule has 4 nitrogen and oxygen atoms in total. The molecule has 0 spiro atoms. The summed E-state index contributed by atoms with van der Waals surface area (Å²) in [6.45, 7) is 4.40. The van der Waals surface area contributed by atoms with Crippen LogP contribution in [-0.4, -0.2) is 4.92 Å². The minimum absolute atomic E-state index is 0.0376. The van der Waals surface area contributed by atoms with E-state index in [9.17, 15) is 10.1 Å². The summed E-state index contributed by atoms with van der Waals surface area (Å²) < 4.78 is 5.48. The third kappa shape index (κ3) is 4.79. The molecule has 0 aliphatic rings. The molecule has 0 radical (unpaired) electrons. The number of rotatable bonds is 4. The van der Waals surface area contributed by atoms with Gasteiger partial charge in [0.15, 0.2) is 0 Å². The van der Waals surface area contributed by atoms with Gasteiger partial charge in [-0.05, 0) is 11.6 Å². The highest BCUT2D eigenvalue weighted by Crippen LogP contribution is 2.19. The van der Waals surface area contributed by atoms with Gasteiger partial charge in [-0.3, -0.25) is 10.1 Å². The molecule has 0 fully saturated rings. The second-order valence-electron chi connectivity index (χ2n) is 3.53. The Labute approximate surface area is 112 Å². The summed E-state index contributed by atoms with van der Waals surface area (Å²) in [6, 6.07) is 15.8. The fourth-order valence-corrected chi connectivity index (χ4v) is 1.43. The summed E-state index contributed by atoms with van der Waals surface area (Å²) in [5.41, 5.74) is 1.06. The molecule has 2 aromatic carbocycles. The molecular weight excluding hydrogens is 242 g/mol. The van der Waals surface area contributed by atoms with Crippen LogP contribution in [0, 0.1) is 10.1 Å². The lowest BCUT2D eigenvalue weighted by Crippen LogP contribution is -1.95. The molecule has 0 bridgehead atoms. The molecule has 100 valence electrons. The molecule has 0 aliphatic carbocycles. The van der Waals surface area contributed by atoms with E-state index < -0.39 is 4.92 Å². The number of nitro benzene ring substituents is 1. The van der Waals surface area contributed by atoms with Crippen molar-refractivity contribution in [1.29, 1.82) is 0 Å². The molecule has 0 N–H and O–H groups in total. The fraction of sp³-hybridized carbons (Fsp3) is 0.200. The third-order valence-corrected chi connectivity index (χ3v) is 2.28. The highest BCUT2D eigenvalue weighted by molar-refractivity contribution is 5.38. The van der Waals surface area contributed by atoms with Crippen LogP contribution in [0.1, 0.15) is 19.4 Å². The maximum absolute atomic E-state index is 10.6. The standard InChI is InChI=1S/C13H11NO3.C2H6/c15-14(16)12-7-4-8-13(9-12)17-10-11-5-2-1-3-6-11;1-2/h1-9H,10H2;1-2H3. The van der Waals surface area contributed by atoms with Crippen molar-refractivity contribution in [3.8, 4) is 5.75 Å². The van der Waals surface area contributed by atoms with E-state index in [1.54, 1.807) is 12.1 Å². The van der Waals surface area contributed by atoms with Gasteiger partial charge in [-0.2, -0.15) is 0 Å². The van der Waals surface area contributed by atoms with Crippen molar-refractivity contribution in [2.45, 2.75) is 20.5 Å². The zero-order valence-corrected chi connectivity index (χ0v) is 11.1. The minimum atomic E-state index is -0.435. The number of non-ortho nitro benzene ring substituents is 1. The average Bonchev–Trinajstić information content (AvgIpc) is 2.48. The minimum Gasteiger partial charge on any atom is -0.489 e. The van der Waals surface area contributed by atoms with Gasteiger partial charge in [-0.25, -0.2) is 0 Å². The van der Waals surface area contributed by atoms with E-state index in [2.05, 4.69) is 0 Å². The van der Waals surface area contributed by atoms with Gasteiger partial charge in [0, 0.05) is 6.07 Å². The highest BCUT2D eigenvalue weighted by Gasteiger charge is 2.06. The van der Waals surface area contributed by atoms with Gasteiger partial charge in [0.25, 0.3) is 5.69 Å². The molecule has 0 atom stereocenters. The number of hydrogen-bond acceptors (Lipinski definition) is 3. The normalized spacial score (nSPS) is 9.16. The van der Waals surface area contributed by atoms with E-state index in [4.69, 9.17) is 4.74 Å². The molecule has 0 aromatic heterocycles. The predicted octanol–water partition coefficient (Wildman–Crippen LogP) is 4.20. The average molecular weight is 259 g/mol. The first-order valence-electron chi connectivity index (χ1n) is 6.17. The Bertz CT molecular complexity index is 512. The van der Waals surface area contributed by atoms with Gasteiger partial charge in [-0.1, -0.05) is 50.2 Å². The van der Waals surface area contributed by atoms with Crippen LogP contribution in [0.5, 0.6) is 5.75 Å². The van der Waals surface area contributed by atoms with E-state index in [0.29, 0.717) is 12.4 Å². The van der Waals surface area contributed by atoms with E-state index in [1.807, 2.05) is 44.2 Å². The van der Waals surface area contributed by atoms with Crippen molar-refractivity contribution in [1.82, 2.24) is 0 Å². The number of nitrogens with zero attached hydrogens (tertiary/aromatic N) is 1. The lowest BCUT2D eigenvalue weighted by molar-refractivity contribution is -0.384. The van der Waals surface area contributed by atoms with Crippen LogP contribution >= 0.6 is 0 Å². The molecule has 0 unspecified atom stereocenters. The van der Waals surface area contributed by atoms with Gasteiger partial charge in [0.2, 0.25) is 0 Å². The highest BCUT2D eigenvalue weighted by atomic mass is 16.6. The van der Waals surface area contributed by atoms with Crippen molar-refractivity contribution >= 4 is 5.69 Å². The van der Waals surface area contributed by atoms with E-state index in [-0.39, 0.29) is 5.69 Å². The first-order valence-corrected chi connectivity index (χ1v) is 6.17. The second kappa shape index (κ2) is 7.87. The fourth-order valence-electron chi connectivity index (χ4n) is 1.43. The molecule has 0 saturated carbocycles. The van der Waals surface area contributed by atoms with Gasteiger partial charge in [0.05, 0.1) is 11.0 Å². The molecular formula is C15H17NO3. The van der Waals surface area contributed by atoms with Gasteiger partial charge in [-0.15, -0.1) is 0 Å². The van der Waals surface area contributed by atoms with Crippen LogP contribution in [0.15, 0.2) is 54.6 Å². The molecule has 0 aliphatic heterocycles. The van der Waals surface area contributed by atoms with Crippen LogP contribution < -0.4 is 4.74 Å². The zero-order chi connectivity index (χ0) is 14.1. The maximum atomic E-state index is 10.6. The summed E-state index contributed by atoms with van der Waals surface area (Å²) in [5, 5.41) is 10.6. The second-order valence-corrected chi connectivity index (χ2v) is 3.53. The molecule has 2 rings (SSSR count). The summed E-state index contributed by atoms with van der Waals surface area (Å²) in [6.07, 6.45) is 0. The van der Waals surface area contributed by atoms with Crippen LogP contribution in [0.2, 0.25) is 0 Å². The van der Waals surface area contributed by atoms with Crippen molar-refractivity contribution < 1.29 is 9.66 Å². The number of ether oxygens (including phenoxy) is 1. The topological polar surface area (TPSA) is 52.4 Å². The Morgan fingerprint density at radius 2 is 1.74 bits per heavy atom. The summed E-state index contributed by atoms with van der Waals surface area (Å²) in [7, 11) is 0. The molecule has 2 aromatic rings. The Hall–Kier alpha value is -2.36. The van der Waals surface area contributed by atoms with Crippen LogP contribution in [0.25, 0.3) is 0 Å². The maximum Gasteiger partial charge on any atom is 0.273 e. The first kappa shape index (κ1) is 14.7. The molecule has 4 heteroatoms. The van der Waals surface area contributed by atoms with Gasteiger partial charge < -0.3 is 4.74 Å². The molecule has 0 heterocycles. The van der Waals surface area contributed by atoms with Crippen molar-refractivity contribution in [3.63, 3.8) is 0 Å². The quantitative estimate of drug-likeness (QED) is 0.610. The SMILES string of the molecule is CC.O=[N+]([O-])c1cccc(OCc2ccccc2)c1. The Morgan fingerprint density at radius 3 is 2.37 bits per heavy atom. The lowest BCUT2D eigenvalue weighted by Gasteiger charge is -2.05. The van der Waals surface area contributed by atoms with Crippen molar-refractivity contribution in [2.75, 3.05) is 0 Å². The number of hydrogen-bond donors (Lipinski definition) is 0. The Kier molecular flexibility index (Phi) is 6.09. The van der Waals surface area contributed by atoms with E-state index in [0.717, 1.165) is 5.56 Å². The number of nitro groups is 1. The monoisotopic (exact) mass is 259 g/mol. The molecule has 0 amide bonds. The number of benzene rings is 2. The van der Waals surface area contributed by atoms with Crippen molar-refractivity contribution in [2.24, 2.45) is 0 Å². The van der Waals surface area contributed by atoms with Gasteiger partial charge >= 0.3 is 0 Å². The largest absolute Gasteiger partial charge is 0.489 e. The van der Waals surface area contributed by atoms with Gasteiger partial charge in [0.1, 0.15) is 12.4 Å². The third-order valence-electron chi connectivity index (χ3n) is 2.28. The van der Waals surface area contributed by atoms with E-state index >= 15 is 0 Å². The van der Waals surface area contributed by atoms with E-state index in [1.165, 1.54) is 12.1 Å². The van der Waals surface area contributed by atoms with Crippen LogP contribution in [-0.2, 0) is 6.61 Å².